The fraction of sp³-hybridized carbons (Fsp3) is 0.750. The molecule has 1 aliphatic rings. The molecular formula is C12H21N3. The molecule has 0 spiro atoms. The molecule has 0 aliphatic heterocycles. The third-order valence-corrected chi connectivity index (χ3v) is 3.37. The average molecular weight is 207 g/mol. The highest BCUT2D eigenvalue weighted by atomic mass is 15.3. The number of hydrogen-bond acceptors (Lipinski definition) is 2. The van der Waals surface area contributed by atoms with Crippen LogP contribution >= 0.6 is 0 Å². The molecule has 0 bridgehead atoms. The fourth-order valence-electron chi connectivity index (χ4n) is 2.52. The van der Waals surface area contributed by atoms with Gasteiger partial charge in [-0.2, -0.15) is 5.10 Å². The molecule has 1 saturated carbocycles. The van der Waals surface area contributed by atoms with E-state index in [0.717, 1.165) is 18.9 Å². The average Bonchev–Trinajstić information content (AvgIpc) is 2.83. The first-order valence-electron chi connectivity index (χ1n) is 5.98. The molecule has 0 aromatic carbocycles. The lowest BCUT2D eigenvalue weighted by Gasteiger charge is -2.07. The monoisotopic (exact) mass is 207 g/mol. The summed E-state index contributed by atoms with van der Waals surface area (Å²) < 4.78 is 2.08. The Morgan fingerprint density at radius 2 is 2.20 bits per heavy atom. The summed E-state index contributed by atoms with van der Waals surface area (Å²) in [6.45, 7) is 1.01. The van der Waals surface area contributed by atoms with Crippen LogP contribution < -0.4 is 5.32 Å². The molecule has 1 aliphatic carbocycles. The van der Waals surface area contributed by atoms with E-state index in [1.54, 1.807) is 0 Å². The van der Waals surface area contributed by atoms with Crippen LogP contribution in [0.15, 0.2) is 6.07 Å². The van der Waals surface area contributed by atoms with E-state index in [1.807, 2.05) is 7.05 Å². The van der Waals surface area contributed by atoms with E-state index in [0.29, 0.717) is 0 Å². The summed E-state index contributed by atoms with van der Waals surface area (Å²) in [5.41, 5.74) is 2.67. The predicted molar refractivity (Wildman–Crippen MR) is 62.0 cm³/mol. The largest absolute Gasteiger partial charge is 0.319 e. The molecule has 0 saturated heterocycles. The minimum atomic E-state index is 0.769. The van der Waals surface area contributed by atoms with Crippen LogP contribution in [0.5, 0.6) is 0 Å². The molecule has 2 rings (SSSR count). The SMILES string of the molecule is CNCCc1cc(C2CCCC2)n(C)n1. The van der Waals surface area contributed by atoms with Gasteiger partial charge in [0.1, 0.15) is 0 Å². The van der Waals surface area contributed by atoms with E-state index in [2.05, 4.69) is 28.2 Å². The molecule has 0 radical (unpaired) electrons. The molecule has 84 valence electrons. The molecule has 1 aromatic heterocycles. The van der Waals surface area contributed by atoms with Crippen molar-refractivity contribution in [3.05, 3.63) is 17.5 Å². The highest BCUT2D eigenvalue weighted by Gasteiger charge is 2.20. The normalized spacial score (nSPS) is 17.5. The Labute approximate surface area is 91.9 Å². The van der Waals surface area contributed by atoms with Crippen molar-refractivity contribution >= 4 is 0 Å². The summed E-state index contributed by atoms with van der Waals surface area (Å²) in [6, 6.07) is 2.30. The second-order valence-electron chi connectivity index (χ2n) is 4.52. The molecular weight excluding hydrogens is 186 g/mol. The first-order valence-corrected chi connectivity index (χ1v) is 5.98. The van der Waals surface area contributed by atoms with E-state index >= 15 is 0 Å². The summed E-state index contributed by atoms with van der Waals surface area (Å²) >= 11 is 0. The maximum absolute atomic E-state index is 4.57. The number of aryl methyl sites for hydroxylation is 1. The molecule has 1 heterocycles. The standard InChI is InChI=1S/C12H21N3/c1-13-8-7-11-9-12(15(2)14-11)10-5-3-4-6-10/h9-10,13H,3-8H2,1-2H3. The van der Waals surface area contributed by atoms with Crippen molar-refractivity contribution in [2.45, 2.75) is 38.0 Å². The zero-order valence-corrected chi connectivity index (χ0v) is 9.79. The minimum absolute atomic E-state index is 0.769. The summed E-state index contributed by atoms with van der Waals surface area (Å²) in [7, 11) is 4.07. The molecule has 0 atom stereocenters. The van der Waals surface area contributed by atoms with Gasteiger partial charge in [0, 0.05) is 31.6 Å². The third-order valence-electron chi connectivity index (χ3n) is 3.37. The van der Waals surface area contributed by atoms with E-state index in [1.165, 1.54) is 37.1 Å². The smallest absolute Gasteiger partial charge is 0.0640 e. The van der Waals surface area contributed by atoms with Gasteiger partial charge in [0.2, 0.25) is 0 Å². The minimum Gasteiger partial charge on any atom is -0.319 e. The lowest BCUT2D eigenvalue weighted by molar-refractivity contribution is 0.612. The second-order valence-corrected chi connectivity index (χ2v) is 4.52. The van der Waals surface area contributed by atoms with Gasteiger partial charge in [-0.25, -0.2) is 0 Å². The van der Waals surface area contributed by atoms with Crippen molar-refractivity contribution in [2.24, 2.45) is 7.05 Å². The van der Waals surface area contributed by atoms with Crippen molar-refractivity contribution in [3.8, 4) is 0 Å². The van der Waals surface area contributed by atoms with Gasteiger partial charge in [0.05, 0.1) is 5.69 Å². The quantitative estimate of drug-likeness (QED) is 0.816. The van der Waals surface area contributed by atoms with Gasteiger partial charge in [-0.1, -0.05) is 12.8 Å². The molecule has 1 N–H and O–H groups in total. The van der Waals surface area contributed by atoms with E-state index in [9.17, 15) is 0 Å². The molecule has 0 amide bonds. The van der Waals surface area contributed by atoms with Gasteiger partial charge in [0.15, 0.2) is 0 Å². The Bertz CT molecular complexity index is 311. The summed E-state index contributed by atoms with van der Waals surface area (Å²) in [5.74, 6) is 0.769. The summed E-state index contributed by atoms with van der Waals surface area (Å²) in [5, 5.41) is 7.73. The zero-order valence-electron chi connectivity index (χ0n) is 9.79. The van der Waals surface area contributed by atoms with Crippen LogP contribution in [-0.4, -0.2) is 23.4 Å². The highest BCUT2D eigenvalue weighted by molar-refractivity contribution is 5.16. The van der Waals surface area contributed by atoms with Gasteiger partial charge in [0.25, 0.3) is 0 Å². The van der Waals surface area contributed by atoms with Gasteiger partial charge < -0.3 is 5.32 Å². The highest BCUT2D eigenvalue weighted by Crippen LogP contribution is 2.33. The van der Waals surface area contributed by atoms with Crippen molar-refractivity contribution in [2.75, 3.05) is 13.6 Å². The van der Waals surface area contributed by atoms with Gasteiger partial charge in [-0.15, -0.1) is 0 Å². The zero-order chi connectivity index (χ0) is 10.7. The van der Waals surface area contributed by atoms with E-state index in [4.69, 9.17) is 0 Å². The first-order chi connectivity index (χ1) is 7.31. The van der Waals surface area contributed by atoms with Crippen LogP contribution in [-0.2, 0) is 13.5 Å². The maximum Gasteiger partial charge on any atom is 0.0640 e. The molecule has 3 nitrogen and oxygen atoms in total. The Kier molecular flexibility index (Phi) is 3.41. The van der Waals surface area contributed by atoms with Gasteiger partial charge in [-0.3, -0.25) is 4.68 Å². The van der Waals surface area contributed by atoms with Crippen LogP contribution in [0.3, 0.4) is 0 Å². The van der Waals surface area contributed by atoms with Crippen molar-refractivity contribution in [1.29, 1.82) is 0 Å². The molecule has 15 heavy (non-hydrogen) atoms. The van der Waals surface area contributed by atoms with Crippen molar-refractivity contribution in [1.82, 2.24) is 15.1 Å². The maximum atomic E-state index is 4.57. The lowest BCUT2D eigenvalue weighted by Crippen LogP contribution is -2.10. The van der Waals surface area contributed by atoms with Crippen LogP contribution in [0, 0.1) is 0 Å². The Morgan fingerprint density at radius 3 is 2.87 bits per heavy atom. The number of nitrogens with one attached hydrogen (secondary N) is 1. The van der Waals surface area contributed by atoms with E-state index in [-0.39, 0.29) is 0 Å². The van der Waals surface area contributed by atoms with Crippen LogP contribution in [0.1, 0.15) is 43.0 Å². The number of likely N-dealkylation sites (N-methyl/N-ethyl adjacent to an activating group) is 1. The van der Waals surface area contributed by atoms with Crippen LogP contribution in [0.25, 0.3) is 0 Å². The number of rotatable bonds is 4. The Hall–Kier alpha value is -0.830. The molecule has 1 fully saturated rings. The van der Waals surface area contributed by atoms with Crippen LogP contribution in [0.2, 0.25) is 0 Å². The van der Waals surface area contributed by atoms with E-state index < -0.39 is 0 Å². The lowest BCUT2D eigenvalue weighted by atomic mass is 10.0. The van der Waals surface area contributed by atoms with Gasteiger partial charge in [-0.05, 0) is 26.0 Å². The Morgan fingerprint density at radius 1 is 1.47 bits per heavy atom. The fourth-order valence-corrected chi connectivity index (χ4v) is 2.52. The second kappa shape index (κ2) is 4.79. The molecule has 3 heteroatoms. The third kappa shape index (κ3) is 2.40. The first kappa shape index (κ1) is 10.7. The Balaban J connectivity index is 2.06. The predicted octanol–water partition coefficient (Wildman–Crippen LogP) is 1.84. The van der Waals surface area contributed by atoms with Gasteiger partial charge >= 0.3 is 0 Å². The molecule has 1 aromatic rings. The number of nitrogens with zero attached hydrogens (tertiary/aromatic N) is 2. The number of hydrogen-bond donors (Lipinski definition) is 1. The van der Waals surface area contributed by atoms with Crippen molar-refractivity contribution in [3.63, 3.8) is 0 Å². The molecule has 0 unspecified atom stereocenters. The topological polar surface area (TPSA) is 29.9 Å². The van der Waals surface area contributed by atoms with Crippen LogP contribution in [0.4, 0.5) is 0 Å². The summed E-state index contributed by atoms with van der Waals surface area (Å²) in [6.07, 6.45) is 6.52. The summed E-state index contributed by atoms with van der Waals surface area (Å²) in [4.78, 5) is 0. The van der Waals surface area contributed by atoms with Crippen molar-refractivity contribution < 1.29 is 0 Å². The number of aromatic nitrogens is 2.